The maximum atomic E-state index is 12.8. The number of nitrogens with zero attached hydrogens (tertiary/aromatic N) is 3. The van der Waals surface area contributed by atoms with Crippen LogP contribution in [0.15, 0.2) is 18.3 Å². The van der Waals surface area contributed by atoms with Crippen LogP contribution in [0.1, 0.15) is 20.3 Å². The van der Waals surface area contributed by atoms with Crippen LogP contribution in [0.5, 0.6) is 0 Å². The van der Waals surface area contributed by atoms with Gasteiger partial charge in [-0.05, 0) is 25.5 Å². The van der Waals surface area contributed by atoms with Gasteiger partial charge in [0, 0.05) is 38.8 Å². The van der Waals surface area contributed by atoms with Crippen LogP contribution in [0.4, 0.5) is 15.0 Å². The van der Waals surface area contributed by atoms with Gasteiger partial charge in [-0.25, -0.2) is 14.2 Å². The lowest BCUT2D eigenvalue weighted by Gasteiger charge is -2.41. The Hall–Kier alpha value is -1.73. The molecule has 0 unspecified atom stereocenters. The van der Waals surface area contributed by atoms with Crippen molar-refractivity contribution in [1.29, 1.82) is 0 Å². The Morgan fingerprint density at radius 1 is 1.43 bits per heavy atom. The molecule has 0 saturated carbocycles. The quantitative estimate of drug-likeness (QED) is 0.815. The Balaban J connectivity index is 1.86. The van der Waals surface area contributed by atoms with E-state index in [1.165, 1.54) is 12.1 Å². The maximum absolute atomic E-state index is 12.8. The largest absolute Gasteiger partial charge is 0.380 e. The molecule has 0 spiro atoms. The molecule has 0 bridgehead atoms. The van der Waals surface area contributed by atoms with E-state index in [0.29, 0.717) is 24.9 Å². The highest BCUT2D eigenvalue weighted by Gasteiger charge is 2.28. The number of anilines is 1. The number of hydrogen-bond acceptors (Lipinski definition) is 4. The van der Waals surface area contributed by atoms with Gasteiger partial charge in [0.25, 0.3) is 0 Å². The van der Waals surface area contributed by atoms with Crippen LogP contribution in [-0.2, 0) is 4.74 Å². The van der Waals surface area contributed by atoms with Gasteiger partial charge in [0.2, 0.25) is 0 Å². The van der Waals surface area contributed by atoms with Crippen molar-refractivity contribution in [2.45, 2.75) is 26.3 Å². The molecule has 1 aliphatic rings. The van der Waals surface area contributed by atoms with E-state index in [9.17, 15) is 9.18 Å². The molecule has 128 valence electrons. The van der Waals surface area contributed by atoms with Gasteiger partial charge >= 0.3 is 6.03 Å². The van der Waals surface area contributed by atoms with Crippen molar-refractivity contribution >= 4 is 11.8 Å². The fourth-order valence-electron chi connectivity index (χ4n) is 2.72. The van der Waals surface area contributed by atoms with Crippen molar-refractivity contribution in [2.75, 3.05) is 44.7 Å². The lowest BCUT2D eigenvalue weighted by atomic mass is 10.1. The summed E-state index contributed by atoms with van der Waals surface area (Å²) < 4.78 is 18.3. The smallest absolute Gasteiger partial charge is 0.323 e. The molecule has 1 aromatic rings. The summed E-state index contributed by atoms with van der Waals surface area (Å²) in [5.41, 5.74) is 0. The monoisotopic (exact) mass is 324 g/mol. The number of rotatable bonds is 6. The SMILES string of the molecule is CCOCCN1CCN(C(=O)Nc2ccc(F)cn2)C[C@@H]1CC. The summed E-state index contributed by atoms with van der Waals surface area (Å²) in [5.74, 6) is -0.0554. The van der Waals surface area contributed by atoms with Gasteiger partial charge in [-0.15, -0.1) is 0 Å². The molecular weight excluding hydrogens is 299 g/mol. The molecule has 1 fully saturated rings. The normalized spacial score (nSPS) is 18.9. The molecule has 1 aromatic heterocycles. The van der Waals surface area contributed by atoms with Crippen molar-refractivity contribution in [2.24, 2.45) is 0 Å². The van der Waals surface area contributed by atoms with E-state index < -0.39 is 5.82 Å². The first-order chi connectivity index (χ1) is 11.1. The standard InChI is InChI=1S/C16H25FN4O2/c1-3-14-12-21(8-7-20(14)9-10-23-4-2)16(22)19-15-6-5-13(17)11-18-15/h5-6,11,14H,3-4,7-10,12H2,1-2H3,(H,18,19,22)/t14-/m0/s1. The molecule has 1 N–H and O–H groups in total. The summed E-state index contributed by atoms with van der Waals surface area (Å²) in [6.45, 7) is 8.62. The van der Waals surface area contributed by atoms with Gasteiger partial charge in [0.1, 0.15) is 11.6 Å². The van der Waals surface area contributed by atoms with Crippen LogP contribution in [0, 0.1) is 5.82 Å². The van der Waals surface area contributed by atoms with Gasteiger partial charge in [0.05, 0.1) is 12.8 Å². The predicted octanol–water partition coefficient (Wildman–Crippen LogP) is 2.19. The fraction of sp³-hybridized carbons (Fsp3) is 0.625. The molecule has 0 aliphatic carbocycles. The number of amides is 2. The molecule has 6 nitrogen and oxygen atoms in total. The third-order valence-electron chi connectivity index (χ3n) is 4.05. The van der Waals surface area contributed by atoms with E-state index in [4.69, 9.17) is 4.74 Å². The number of pyridine rings is 1. The number of piperazine rings is 1. The Labute approximate surface area is 136 Å². The second-order valence-electron chi connectivity index (χ2n) is 5.53. The highest BCUT2D eigenvalue weighted by Crippen LogP contribution is 2.14. The van der Waals surface area contributed by atoms with Crippen molar-refractivity contribution < 1.29 is 13.9 Å². The molecule has 2 heterocycles. The number of urea groups is 1. The zero-order valence-electron chi connectivity index (χ0n) is 13.8. The third kappa shape index (κ3) is 5.14. The summed E-state index contributed by atoms with van der Waals surface area (Å²) >= 11 is 0. The number of ether oxygens (including phenoxy) is 1. The molecule has 0 radical (unpaired) electrons. The Kier molecular flexibility index (Phi) is 6.73. The van der Waals surface area contributed by atoms with Crippen LogP contribution in [0.25, 0.3) is 0 Å². The minimum atomic E-state index is -0.419. The molecule has 7 heteroatoms. The van der Waals surface area contributed by atoms with Crippen molar-refractivity contribution in [1.82, 2.24) is 14.8 Å². The molecule has 2 amide bonds. The average Bonchev–Trinajstić information content (AvgIpc) is 2.57. The Morgan fingerprint density at radius 3 is 2.91 bits per heavy atom. The molecule has 1 atom stereocenters. The lowest BCUT2D eigenvalue weighted by molar-refractivity contribution is 0.0545. The second kappa shape index (κ2) is 8.79. The number of carbonyl (C=O) groups excluding carboxylic acids is 1. The number of halogens is 1. The predicted molar refractivity (Wildman–Crippen MR) is 86.9 cm³/mol. The van der Waals surface area contributed by atoms with Crippen LogP contribution >= 0.6 is 0 Å². The highest BCUT2D eigenvalue weighted by atomic mass is 19.1. The van der Waals surface area contributed by atoms with Crippen molar-refractivity contribution in [3.05, 3.63) is 24.1 Å². The summed E-state index contributed by atoms with van der Waals surface area (Å²) in [6.07, 6.45) is 2.07. The Morgan fingerprint density at radius 2 is 2.26 bits per heavy atom. The molecular formula is C16H25FN4O2. The van der Waals surface area contributed by atoms with Gasteiger partial charge in [-0.3, -0.25) is 10.2 Å². The molecule has 1 aliphatic heterocycles. The van der Waals surface area contributed by atoms with E-state index in [1.54, 1.807) is 4.90 Å². The zero-order valence-corrected chi connectivity index (χ0v) is 13.8. The van der Waals surface area contributed by atoms with E-state index in [2.05, 4.69) is 22.1 Å². The summed E-state index contributed by atoms with van der Waals surface area (Å²) in [7, 11) is 0. The van der Waals surface area contributed by atoms with Crippen LogP contribution in [-0.4, -0.2) is 66.2 Å². The second-order valence-corrected chi connectivity index (χ2v) is 5.53. The highest BCUT2D eigenvalue weighted by molar-refractivity contribution is 5.88. The van der Waals surface area contributed by atoms with Gasteiger partial charge in [-0.1, -0.05) is 6.92 Å². The van der Waals surface area contributed by atoms with E-state index in [0.717, 1.165) is 38.9 Å². The number of hydrogen-bond donors (Lipinski definition) is 1. The first kappa shape index (κ1) is 17.6. The third-order valence-corrected chi connectivity index (χ3v) is 4.05. The van der Waals surface area contributed by atoms with Gasteiger partial charge in [-0.2, -0.15) is 0 Å². The Bertz CT molecular complexity index is 497. The van der Waals surface area contributed by atoms with Crippen LogP contribution < -0.4 is 5.32 Å². The van der Waals surface area contributed by atoms with Gasteiger partial charge in [0.15, 0.2) is 0 Å². The zero-order chi connectivity index (χ0) is 16.7. The topological polar surface area (TPSA) is 57.7 Å². The molecule has 0 aromatic carbocycles. The van der Waals surface area contributed by atoms with E-state index >= 15 is 0 Å². The van der Waals surface area contributed by atoms with Crippen LogP contribution in [0.3, 0.4) is 0 Å². The maximum Gasteiger partial charge on any atom is 0.323 e. The van der Waals surface area contributed by atoms with Crippen molar-refractivity contribution in [3.63, 3.8) is 0 Å². The molecule has 1 saturated heterocycles. The molecule has 23 heavy (non-hydrogen) atoms. The molecule has 2 rings (SSSR count). The number of aromatic nitrogens is 1. The first-order valence-corrected chi connectivity index (χ1v) is 8.13. The van der Waals surface area contributed by atoms with E-state index in [-0.39, 0.29) is 6.03 Å². The number of nitrogens with one attached hydrogen (secondary N) is 1. The summed E-state index contributed by atoms with van der Waals surface area (Å²) in [6, 6.07) is 2.88. The lowest BCUT2D eigenvalue weighted by Crippen LogP contribution is -2.56. The first-order valence-electron chi connectivity index (χ1n) is 8.13. The average molecular weight is 324 g/mol. The minimum absolute atomic E-state index is 0.188. The van der Waals surface area contributed by atoms with Crippen LogP contribution in [0.2, 0.25) is 0 Å². The summed E-state index contributed by atoms with van der Waals surface area (Å²) in [4.78, 5) is 20.3. The minimum Gasteiger partial charge on any atom is -0.380 e. The summed E-state index contributed by atoms with van der Waals surface area (Å²) in [5, 5.41) is 2.72. The van der Waals surface area contributed by atoms with E-state index in [1.807, 2.05) is 6.92 Å². The fourth-order valence-corrected chi connectivity index (χ4v) is 2.72. The van der Waals surface area contributed by atoms with Crippen molar-refractivity contribution in [3.8, 4) is 0 Å². The van der Waals surface area contributed by atoms with Gasteiger partial charge < -0.3 is 9.64 Å². The number of carbonyl (C=O) groups is 1.